The van der Waals surface area contributed by atoms with E-state index < -0.39 is 53.2 Å². The van der Waals surface area contributed by atoms with E-state index in [1.165, 1.54) is 0 Å². The molecule has 0 spiro atoms. The molecule has 29 heavy (non-hydrogen) atoms. The van der Waals surface area contributed by atoms with Crippen LogP contribution in [0, 0.1) is 17.8 Å². The van der Waals surface area contributed by atoms with Crippen molar-refractivity contribution in [3.63, 3.8) is 0 Å². The van der Waals surface area contributed by atoms with Crippen LogP contribution in [0.25, 0.3) is 0 Å². The molecule has 2 heterocycles. The Balaban J connectivity index is 2.26. The zero-order valence-corrected chi connectivity index (χ0v) is 19.1. The topological polar surface area (TPSA) is 117 Å². The molecule has 8 nitrogen and oxygen atoms in total. The molecule has 0 aliphatic carbocycles. The minimum atomic E-state index is -2.28. The van der Waals surface area contributed by atoms with Crippen LogP contribution < -0.4 is 5.32 Å². The number of halogens is 3. The first kappa shape index (κ1) is 25.4. The zero-order valence-electron chi connectivity index (χ0n) is 16.8. The highest BCUT2D eigenvalue weighted by atomic mass is 35.6. The molecule has 2 aliphatic heterocycles. The van der Waals surface area contributed by atoms with Crippen molar-refractivity contribution in [3.05, 3.63) is 0 Å². The van der Waals surface area contributed by atoms with Crippen molar-refractivity contribution in [1.29, 1.82) is 0 Å². The third kappa shape index (κ3) is 5.67. The summed E-state index contributed by atoms with van der Waals surface area (Å²) in [5.41, 5.74) is 0. The molecular weight excluding hydrogens is 449 g/mol. The fourth-order valence-electron chi connectivity index (χ4n) is 3.90. The maximum Gasteiger partial charge on any atom is 0.272 e. The third-order valence-electron chi connectivity index (χ3n) is 6.11. The predicted molar refractivity (Wildman–Crippen MR) is 108 cm³/mol. The second kappa shape index (κ2) is 10.1. The Hall–Kier alpha value is 0.1000. The van der Waals surface area contributed by atoms with Gasteiger partial charge in [0.25, 0.3) is 9.70 Å². The van der Waals surface area contributed by atoms with Gasteiger partial charge in [-0.2, -0.15) is 0 Å². The van der Waals surface area contributed by atoms with Gasteiger partial charge in [-0.1, -0.05) is 62.5 Å². The predicted octanol–water partition coefficient (Wildman–Crippen LogP) is 1.34. The molecule has 4 N–H and O–H groups in total. The van der Waals surface area contributed by atoms with Crippen molar-refractivity contribution < 1.29 is 34.3 Å². The first-order chi connectivity index (χ1) is 13.4. The average Bonchev–Trinajstić information content (AvgIpc) is 2.66. The maximum absolute atomic E-state index is 12.1. The highest BCUT2D eigenvalue weighted by Crippen LogP contribution is 2.38. The lowest BCUT2D eigenvalue weighted by molar-refractivity contribution is -0.318. The van der Waals surface area contributed by atoms with Gasteiger partial charge in [-0.25, -0.2) is 0 Å². The molecule has 0 aromatic carbocycles. The largest absolute Gasteiger partial charge is 0.394 e. The third-order valence-corrected chi connectivity index (χ3v) is 6.62. The standard InChI is InChI=1S/C18H30Cl3NO7/c1-5-10-8(3)7(2)9(4)16(28-10)29-14-12(22-17(26)18(19,20)21)15(25)27-11(6-23)13(14)24/h7-16,23-25H,5-6H2,1-4H3,(H,22,26). The summed E-state index contributed by atoms with van der Waals surface area (Å²) in [5.74, 6) is -0.463. The Morgan fingerprint density at radius 3 is 2.21 bits per heavy atom. The van der Waals surface area contributed by atoms with Crippen LogP contribution in [0.1, 0.15) is 34.1 Å². The first-order valence-electron chi connectivity index (χ1n) is 9.73. The molecule has 2 rings (SSSR count). The molecule has 0 bridgehead atoms. The van der Waals surface area contributed by atoms with Crippen LogP contribution >= 0.6 is 34.8 Å². The molecule has 2 fully saturated rings. The number of aliphatic hydroxyl groups excluding tert-OH is 3. The Morgan fingerprint density at radius 1 is 1.07 bits per heavy atom. The minimum Gasteiger partial charge on any atom is -0.394 e. The second-order valence-electron chi connectivity index (χ2n) is 7.86. The summed E-state index contributed by atoms with van der Waals surface area (Å²) in [4.78, 5) is 12.1. The van der Waals surface area contributed by atoms with Crippen LogP contribution in [0.15, 0.2) is 0 Å². The Bertz CT molecular complexity index is 562. The zero-order chi connectivity index (χ0) is 22.1. The molecular formula is C18H30Cl3NO7. The number of amides is 1. The fourth-order valence-corrected chi connectivity index (χ4v) is 4.06. The van der Waals surface area contributed by atoms with E-state index in [1.54, 1.807) is 0 Å². The summed E-state index contributed by atoms with van der Waals surface area (Å²) in [7, 11) is 0. The van der Waals surface area contributed by atoms with Crippen molar-refractivity contribution >= 4 is 40.7 Å². The molecule has 0 saturated carbocycles. The number of rotatable bonds is 5. The van der Waals surface area contributed by atoms with Crippen LogP contribution in [0.4, 0.5) is 0 Å². The van der Waals surface area contributed by atoms with Crippen LogP contribution in [0.5, 0.6) is 0 Å². The second-order valence-corrected chi connectivity index (χ2v) is 10.1. The number of aliphatic hydroxyl groups is 3. The molecule has 11 heteroatoms. The van der Waals surface area contributed by atoms with Gasteiger partial charge in [0, 0.05) is 5.92 Å². The summed E-state index contributed by atoms with van der Waals surface area (Å²) in [6.07, 6.45) is -5.22. The number of hydrogen-bond donors (Lipinski definition) is 4. The molecule has 10 unspecified atom stereocenters. The first-order valence-corrected chi connectivity index (χ1v) is 10.9. The van der Waals surface area contributed by atoms with Gasteiger partial charge < -0.3 is 34.8 Å². The van der Waals surface area contributed by atoms with E-state index in [0.29, 0.717) is 5.92 Å². The number of alkyl halides is 3. The monoisotopic (exact) mass is 477 g/mol. The van der Waals surface area contributed by atoms with Crippen molar-refractivity contribution in [2.75, 3.05) is 6.61 Å². The van der Waals surface area contributed by atoms with Gasteiger partial charge in [0.15, 0.2) is 12.6 Å². The molecule has 170 valence electrons. The Labute approximate surface area is 185 Å². The number of carbonyl (C=O) groups excluding carboxylic acids is 1. The molecule has 2 aliphatic rings. The molecule has 10 atom stereocenters. The molecule has 1 amide bonds. The van der Waals surface area contributed by atoms with Gasteiger partial charge in [-0.05, 0) is 18.3 Å². The number of carbonyl (C=O) groups is 1. The number of hydrogen-bond acceptors (Lipinski definition) is 7. The Kier molecular flexibility index (Phi) is 8.87. The van der Waals surface area contributed by atoms with E-state index in [9.17, 15) is 20.1 Å². The van der Waals surface area contributed by atoms with E-state index in [4.69, 9.17) is 49.0 Å². The highest BCUT2D eigenvalue weighted by molar-refractivity contribution is 6.76. The van der Waals surface area contributed by atoms with Gasteiger partial charge in [-0.3, -0.25) is 4.79 Å². The summed E-state index contributed by atoms with van der Waals surface area (Å²) in [5, 5.41) is 32.8. The highest BCUT2D eigenvalue weighted by Gasteiger charge is 2.50. The van der Waals surface area contributed by atoms with Crippen molar-refractivity contribution in [3.8, 4) is 0 Å². The van der Waals surface area contributed by atoms with Gasteiger partial charge in [0.2, 0.25) is 0 Å². The molecule has 2 saturated heterocycles. The van der Waals surface area contributed by atoms with Gasteiger partial charge in [0.1, 0.15) is 24.4 Å². The van der Waals surface area contributed by atoms with Crippen LogP contribution in [0.2, 0.25) is 0 Å². The minimum absolute atomic E-state index is 0.0305. The quantitative estimate of drug-likeness (QED) is 0.440. The summed E-state index contributed by atoms with van der Waals surface area (Å²) in [6, 6.07) is -1.25. The molecule has 0 aromatic rings. The maximum atomic E-state index is 12.1. The van der Waals surface area contributed by atoms with Crippen LogP contribution in [0.3, 0.4) is 0 Å². The Morgan fingerprint density at radius 2 is 1.69 bits per heavy atom. The van der Waals surface area contributed by atoms with Gasteiger partial charge >= 0.3 is 0 Å². The van der Waals surface area contributed by atoms with E-state index in [1.807, 2.05) is 13.8 Å². The van der Waals surface area contributed by atoms with Gasteiger partial charge in [-0.15, -0.1) is 0 Å². The summed E-state index contributed by atoms with van der Waals surface area (Å²) < 4.78 is 15.1. The van der Waals surface area contributed by atoms with Crippen molar-refractivity contribution in [2.24, 2.45) is 17.8 Å². The van der Waals surface area contributed by atoms with Crippen LogP contribution in [-0.4, -0.2) is 74.7 Å². The lowest BCUT2D eigenvalue weighted by Crippen LogP contribution is -2.67. The van der Waals surface area contributed by atoms with Crippen molar-refractivity contribution in [2.45, 2.75) is 80.9 Å². The molecule has 0 radical (unpaired) electrons. The van der Waals surface area contributed by atoms with E-state index >= 15 is 0 Å². The van der Waals surface area contributed by atoms with E-state index in [2.05, 4.69) is 19.2 Å². The fraction of sp³-hybridized carbons (Fsp3) is 0.944. The average molecular weight is 479 g/mol. The van der Waals surface area contributed by atoms with Gasteiger partial charge in [0.05, 0.1) is 12.7 Å². The summed E-state index contributed by atoms with van der Waals surface area (Å²) >= 11 is 16.8. The van der Waals surface area contributed by atoms with Crippen molar-refractivity contribution in [1.82, 2.24) is 5.32 Å². The number of nitrogens with one attached hydrogen (secondary N) is 1. The lowest BCUT2D eigenvalue weighted by atomic mass is 9.78. The normalized spacial score (nSPS) is 43.8. The number of ether oxygens (including phenoxy) is 3. The van der Waals surface area contributed by atoms with E-state index in [-0.39, 0.29) is 17.9 Å². The summed E-state index contributed by atoms with van der Waals surface area (Å²) in [6.45, 7) is 7.64. The lowest BCUT2D eigenvalue weighted by Gasteiger charge is -2.48. The van der Waals surface area contributed by atoms with E-state index in [0.717, 1.165) is 6.42 Å². The molecule has 0 aromatic heterocycles. The van der Waals surface area contributed by atoms with Crippen LogP contribution in [-0.2, 0) is 19.0 Å². The smallest absolute Gasteiger partial charge is 0.272 e. The SMILES string of the molecule is CCC1OC(OC2C(O)C(CO)OC(O)C2NC(=O)C(Cl)(Cl)Cl)C(C)C(C)C1C.